The summed E-state index contributed by atoms with van der Waals surface area (Å²) in [5, 5.41) is 9.05. The molecule has 1 aromatic rings. The molecule has 7 heteroatoms. The highest BCUT2D eigenvalue weighted by Gasteiger charge is 2.26. The molecule has 2 fully saturated rings. The minimum atomic E-state index is 0.531. The van der Waals surface area contributed by atoms with E-state index in [0.717, 1.165) is 45.2 Å². The summed E-state index contributed by atoms with van der Waals surface area (Å²) in [6, 6.07) is 0. The molecule has 0 amide bonds. The molecule has 3 heterocycles. The van der Waals surface area contributed by atoms with Crippen molar-refractivity contribution in [3.8, 4) is 0 Å². The highest BCUT2D eigenvalue weighted by atomic mass is 32.2. The Hall–Kier alpha value is -0.630. The van der Waals surface area contributed by atoms with E-state index in [0.29, 0.717) is 5.92 Å². The molecule has 136 valence electrons. The summed E-state index contributed by atoms with van der Waals surface area (Å²) in [4.78, 5) is 5.02. The number of thioether (sulfide) groups is 1. The van der Waals surface area contributed by atoms with Crippen LogP contribution >= 0.6 is 11.8 Å². The maximum Gasteiger partial charge on any atom is 0.146 e. The minimum Gasteiger partial charge on any atom is -0.379 e. The molecule has 2 aliphatic rings. The Labute approximate surface area is 149 Å². The summed E-state index contributed by atoms with van der Waals surface area (Å²) < 4.78 is 7.67. The van der Waals surface area contributed by atoms with Crippen molar-refractivity contribution in [2.75, 3.05) is 57.9 Å². The van der Waals surface area contributed by atoms with E-state index in [2.05, 4.69) is 37.9 Å². The van der Waals surface area contributed by atoms with Gasteiger partial charge in [-0.05, 0) is 44.4 Å². The van der Waals surface area contributed by atoms with Gasteiger partial charge in [0.15, 0.2) is 0 Å². The van der Waals surface area contributed by atoms with Gasteiger partial charge in [-0.25, -0.2) is 0 Å². The van der Waals surface area contributed by atoms with Gasteiger partial charge >= 0.3 is 0 Å². The van der Waals surface area contributed by atoms with Crippen LogP contribution in [0.4, 0.5) is 0 Å². The average molecular weight is 354 g/mol. The van der Waals surface area contributed by atoms with Gasteiger partial charge in [0, 0.05) is 32.6 Å². The first-order chi connectivity index (χ1) is 11.8. The van der Waals surface area contributed by atoms with Gasteiger partial charge in [0.2, 0.25) is 0 Å². The third-order valence-corrected chi connectivity index (χ3v) is 5.86. The van der Waals surface area contributed by atoms with Crippen LogP contribution in [-0.4, -0.2) is 82.5 Å². The van der Waals surface area contributed by atoms with E-state index >= 15 is 0 Å². The van der Waals surface area contributed by atoms with Gasteiger partial charge in [0.05, 0.1) is 19.8 Å². The average Bonchev–Trinajstić information content (AvgIpc) is 2.97. The Balaban J connectivity index is 1.57. The second-order valence-corrected chi connectivity index (χ2v) is 7.89. The molecule has 1 unspecified atom stereocenters. The normalized spacial score (nSPS) is 23.7. The molecule has 0 spiro atoms. The molecule has 0 aliphatic carbocycles. The quantitative estimate of drug-likeness (QED) is 0.694. The summed E-state index contributed by atoms with van der Waals surface area (Å²) >= 11 is 1.94. The molecule has 2 aliphatic heterocycles. The number of hydrogen-bond acceptors (Lipinski definition) is 6. The molecular formula is C17H31N5OS. The Morgan fingerprint density at radius 1 is 1.17 bits per heavy atom. The number of likely N-dealkylation sites (tertiary alicyclic amines) is 1. The van der Waals surface area contributed by atoms with E-state index in [1.807, 2.05) is 11.8 Å². The van der Waals surface area contributed by atoms with Gasteiger partial charge in [-0.2, -0.15) is 11.8 Å². The van der Waals surface area contributed by atoms with Crippen LogP contribution < -0.4 is 0 Å². The first kappa shape index (κ1) is 18.2. The molecule has 3 rings (SSSR count). The summed E-state index contributed by atoms with van der Waals surface area (Å²) in [5.41, 5.74) is 0. The van der Waals surface area contributed by atoms with Gasteiger partial charge in [0.1, 0.15) is 11.6 Å². The molecular weight excluding hydrogens is 322 g/mol. The predicted molar refractivity (Wildman–Crippen MR) is 98.5 cm³/mol. The fourth-order valence-corrected chi connectivity index (χ4v) is 4.15. The van der Waals surface area contributed by atoms with Crippen molar-refractivity contribution in [2.45, 2.75) is 31.7 Å². The zero-order chi connectivity index (χ0) is 16.8. The number of rotatable bonds is 7. The zero-order valence-electron chi connectivity index (χ0n) is 15.1. The summed E-state index contributed by atoms with van der Waals surface area (Å²) in [6.45, 7) is 8.13. The van der Waals surface area contributed by atoms with E-state index in [1.165, 1.54) is 43.9 Å². The summed E-state index contributed by atoms with van der Waals surface area (Å²) in [6.07, 6.45) is 5.99. The van der Waals surface area contributed by atoms with Crippen molar-refractivity contribution in [2.24, 2.45) is 7.05 Å². The molecule has 24 heavy (non-hydrogen) atoms. The highest BCUT2D eigenvalue weighted by Crippen LogP contribution is 2.26. The minimum absolute atomic E-state index is 0.531. The molecule has 1 atom stereocenters. The fraction of sp³-hybridized carbons (Fsp3) is 0.882. The lowest BCUT2D eigenvalue weighted by Gasteiger charge is -2.32. The fourth-order valence-electron chi connectivity index (χ4n) is 3.73. The predicted octanol–water partition coefficient (Wildman–Crippen LogP) is 1.58. The van der Waals surface area contributed by atoms with Gasteiger partial charge in [0.25, 0.3) is 0 Å². The van der Waals surface area contributed by atoms with Gasteiger partial charge in [-0.1, -0.05) is 0 Å². The van der Waals surface area contributed by atoms with E-state index in [4.69, 9.17) is 4.74 Å². The smallest absolute Gasteiger partial charge is 0.146 e. The molecule has 1 aromatic heterocycles. The highest BCUT2D eigenvalue weighted by molar-refractivity contribution is 7.98. The number of morpholine rings is 1. The Morgan fingerprint density at radius 2 is 2.00 bits per heavy atom. The Bertz CT molecular complexity index is 503. The standard InChI is InChI=1S/C17H31N5OS/c1-20-16(14-22-8-10-23-11-9-22)18-19-17(20)15-5-3-6-21(13-15)7-4-12-24-2/h15H,3-14H2,1-2H3. The van der Waals surface area contributed by atoms with Crippen molar-refractivity contribution in [3.05, 3.63) is 11.6 Å². The lowest BCUT2D eigenvalue weighted by molar-refractivity contribution is 0.0326. The third kappa shape index (κ3) is 4.71. The lowest BCUT2D eigenvalue weighted by Crippen LogP contribution is -2.37. The van der Waals surface area contributed by atoms with Crippen LogP contribution in [-0.2, 0) is 18.3 Å². The second kappa shape index (κ2) is 9.17. The number of nitrogens with zero attached hydrogens (tertiary/aromatic N) is 5. The molecule has 0 radical (unpaired) electrons. The Kier molecular flexibility index (Phi) is 6.95. The SMILES string of the molecule is CSCCCN1CCCC(c2nnc(CN3CCOCC3)n2C)C1. The van der Waals surface area contributed by atoms with Gasteiger partial charge < -0.3 is 14.2 Å². The molecule has 0 saturated carbocycles. The number of aromatic nitrogens is 3. The molecule has 6 nitrogen and oxygen atoms in total. The molecule has 0 bridgehead atoms. The van der Waals surface area contributed by atoms with Gasteiger partial charge in [-0.15, -0.1) is 10.2 Å². The van der Waals surface area contributed by atoms with Crippen molar-refractivity contribution in [3.63, 3.8) is 0 Å². The van der Waals surface area contributed by atoms with Crippen LogP contribution in [0.15, 0.2) is 0 Å². The van der Waals surface area contributed by atoms with E-state index in [-0.39, 0.29) is 0 Å². The zero-order valence-corrected chi connectivity index (χ0v) is 15.9. The van der Waals surface area contributed by atoms with Crippen molar-refractivity contribution < 1.29 is 4.74 Å². The largest absolute Gasteiger partial charge is 0.379 e. The molecule has 2 saturated heterocycles. The van der Waals surface area contributed by atoms with Crippen molar-refractivity contribution in [1.29, 1.82) is 0 Å². The van der Waals surface area contributed by atoms with Crippen LogP contribution in [0.1, 0.15) is 36.8 Å². The topological polar surface area (TPSA) is 46.4 Å². The summed E-state index contributed by atoms with van der Waals surface area (Å²) in [5.74, 6) is 4.05. The van der Waals surface area contributed by atoms with Crippen LogP contribution in [0.25, 0.3) is 0 Å². The van der Waals surface area contributed by atoms with Crippen LogP contribution in [0.2, 0.25) is 0 Å². The van der Waals surface area contributed by atoms with Gasteiger partial charge in [-0.3, -0.25) is 4.90 Å². The van der Waals surface area contributed by atoms with E-state index < -0.39 is 0 Å². The first-order valence-electron chi connectivity index (χ1n) is 9.17. The number of ether oxygens (including phenoxy) is 1. The van der Waals surface area contributed by atoms with Crippen molar-refractivity contribution >= 4 is 11.8 Å². The molecule has 0 aromatic carbocycles. The number of hydrogen-bond donors (Lipinski definition) is 0. The maximum atomic E-state index is 5.43. The van der Waals surface area contributed by atoms with E-state index in [9.17, 15) is 0 Å². The van der Waals surface area contributed by atoms with Crippen molar-refractivity contribution in [1.82, 2.24) is 24.6 Å². The van der Waals surface area contributed by atoms with Crippen LogP contribution in [0.5, 0.6) is 0 Å². The molecule has 0 N–H and O–H groups in total. The summed E-state index contributed by atoms with van der Waals surface area (Å²) in [7, 11) is 2.14. The monoisotopic (exact) mass is 353 g/mol. The number of piperidine rings is 1. The lowest BCUT2D eigenvalue weighted by atomic mass is 9.97. The Morgan fingerprint density at radius 3 is 2.79 bits per heavy atom. The second-order valence-electron chi connectivity index (χ2n) is 6.91. The van der Waals surface area contributed by atoms with Crippen LogP contribution in [0, 0.1) is 0 Å². The van der Waals surface area contributed by atoms with Crippen LogP contribution in [0.3, 0.4) is 0 Å². The third-order valence-electron chi connectivity index (χ3n) is 5.16. The first-order valence-corrected chi connectivity index (χ1v) is 10.6. The maximum absolute atomic E-state index is 5.43. The van der Waals surface area contributed by atoms with E-state index in [1.54, 1.807) is 0 Å².